The van der Waals surface area contributed by atoms with E-state index < -0.39 is 7.14 Å². The summed E-state index contributed by atoms with van der Waals surface area (Å²) in [6, 6.07) is 24.5. The number of hydrogen-bond acceptors (Lipinski definition) is 4. The first-order valence-electron chi connectivity index (χ1n) is 10.8. The molecule has 0 spiro atoms. The predicted molar refractivity (Wildman–Crippen MR) is 138 cm³/mol. The van der Waals surface area contributed by atoms with E-state index in [0.29, 0.717) is 0 Å². The number of rotatable bonds is 8. The Bertz CT molecular complexity index is 984. The van der Waals surface area contributed by atoms with Crippen LogP contribution in [-0.2, 0) is 4.57 Å². The Balaban J connectivity index is 2.19. The monoisotopic (exact) mass is 435 g/mol. The van der Waals surface area contributed by atoms with Crippen LogP contribution in [0.4, 0.5) is 17.1 Å². The minimum atomic E-state index is -3.03. The van der Waals surface area contributed by atoms with Crippen molar-refractivity contribution in [3.05, 3.63) is 72.8 Å². The number of hydrogen-bond donors (Lipinski definition) is 0. The molecule has 0 heterocycles. The zero-order valence-corrected chi connectivity index (χ0v) is 20.4. The Labute approximate surface area is 187 Å². The van der Waals surface area contributed by atoms with Gasteiger partial charge in [-0.05, 0) is 74.5 Å². The molecule has 0 fully saturated rings. The van der Waals surface area contributed by atoms with Crippen molar-refractivity contribution in [2.24, 2.45) is 0 Å². The van der Waals surface area contributed by atoms with Gasteiger partial charge in [0.25, 0.3) is 0 Å². The van der Waals surface area contributed by atoms with Gasteiger partial charge in [0.1, 0.15) is 0 Å². The summed E-state index contributed by atoms with van der Waals surface area (Å²) < 4.78 is 14.9. The van der Waals surface area contributed by atoms with Crippen molar-refractivity contribution < 1.29 is 4.57 Å². The standard InChI is InChI=1S/C26H34N3OP/c1-7-29(8-2)23-10-9-11-26(20-23)31(30,24-16-12-21(13-17-24)27(3)4)25-18-14-22(15-19-25)28(5)6/h9-20H,7-8H2,1-6H3. The van der Waals surface area contributed by atoms with Crippen LogP contribution in [0.3, 0.4) is 0 Å². The highest BCUT2D eigenvalue weighted by Gasteiger charge is 2.30. The van der Waals surface area contributed by atoms with Gasteiger partial charge in [-0.2, -0.15) is 0 Å². The summed E-state index contributed by atoms with van der Waals surface area (Å²) in [7, 11) is 5.04. The first-order valence-corrected chi connectivity index (χ1v) is 12.5. The van der Waals surface area contributed by atoms with Gasteiger partial charge in [0.2, 0.25) is 0 Å². The zero-order chi connectivity index (χ0) is 22.6. The molecule has 0 amide bonds. The van der Waals surface area contributed by atoms with Crippen LogP contribution in [0.25, 0.3) is 0 Å². The fraction of sp³-hybridized carbons (Fsp3) is 0.308. The summed E-state index contributed by atoms with van der Waals surface area (Å²) in [6.45, 7) is 6.13. The van der Waals surface area contributed by atoms with E-state index >= 15 is 0 Å². The molecule has 0 bridgehead atoms. The molecule has 0 unspecified atom stereocenters. The third kappa shape index (κ3) is 4.65. The molecule has 5 heteroatoms. The van der Waals surface area contributed by atoms with Crippen LogP contribution in [-0.4, -0.2) is 41.3 Å². The Morgan fingerprint density at radius 3 is 1.45 bits per heavy atom. The molecule has 0 radical (unpaired) electrons. The minimum Gasteiger partial charge on any atom is -0.378 e. The second kappa shape index (κ2) is 9.62. The molecular formula is C26H34N3OP. The summed E-state index contributed by atoms with van der Waals surface area (Å²) in [6.07, 6.45) is 0. The molecule has 0 saturated heterocycles. The lowest BCUT2D eigenvalue weighted by atomic mass is 10.3. The van der Waals surface area contributed by atoms with Crippen LogP contribution < -0.4 is 30.6 Å². The third-order valence-electron chi connectivity index (χ3n) is 5.78. The summed E-state index contributed by atoms with van der Waals surface area (Å²) >= 11 is 0. The van der Waals surface area contributed by atoms with Gasteiger partial charge >= 0.3 is 0 Å². The fourth-order valence-electron chi connectivity index (χ4n) is 3.84. The van der Waals surface area contributed by atoms with Crippen LogP contribution in [0, 0.1) is 0 Å². The smallest absolute Gasteiger partial charge is 0.171 e. The predicted octanol–water partition coefficient (Wildman–Crippen LogP) is 4.30. The SMILES string of the molecule is CCN(CC)c1cccc(P(=O)(c2ccc(N(C)C)cc2)c2ccc(N(C)C)cc2)c1. The van der Waals surface area contributed by atoms with Crippen molar-refractivity contribution in [2.45, 2.75) is 13.8 Å². The topological polar surface area (TPSA) is 26.8 Å². The Morgan fingerprint density at radius 1 is 0.613 bits per heavy atom. The molecule has 0 aliphatic rings. The molecule has 0 aromatic heterocycles. The van der Waals surface area contributed by atoms with Crippen LogP contribution in [0.1, 0.15) is 13.8 Å². The lowest BCUT2D eigenvalue weighted by Crippen LogP contribution is -2.27. The first kappa shape index (κ1) is 23.0. The summed E-state index contributed by atoms with van der Waals surface area (Å²) in [5, 5.41) is 2.58. The molecule has 0 aliphatic heterocycles. The van der Waals surface area contributed by atoms with Crippen LogP contribution >= 0.6 is 7.14 Å². The minimum absolute atomic E-state index is 0.854. The van der Waals surface area contributed by atoms with Crippen molar-refractivity contribution in [3.8, 4) is 0 Å². The lowest BCUT2D eigenvalue weighted by Gasteiger charge is -2.25. The molecule has 3 aromatic rings. The van der Waals surface area contributed by atoms with Gasteiger partial charge in [-0.3, -0.25) is 0 Å². The molecule has 0 N–H and O–H groups in total. The molecule has 31 heavy (non-hydrogen) atoms. The summed E-state index contributed by atoms with van der Waals surface area (Å²) in [5.41, 5.74) is 3.29. The Kier molecular flexibility index (Phi) is 7.12. The summed E-state index contributed by atoms with van der Waals surface area (Å²) in [4.78, 5) is 6.40. The maximum Gasteiger partial charge on any atom is 0.171 e. The van der Waals surface area contributed by atoms with E-state index in [1.54, 1.807) is 0 Å². The summed E-state index contributed by atoms with van der Waals surface area (Å²) in [5.74, 6) is 0. The van der Waals surface area contributed by atoms with Gasteiger partial charge in [0.05, 0.1) is 0 Å². The van der Waals surface area contributed by atoms with Gasteiger partial charge in [0.15, 0.2) is 7.14 Å². The van der Waals surface area contributed by atoms with E-state index in [2.05, 4.69) is 40.7 Å². The second-order valence-corrected chi connectivity index (χ2v) is 10.9. The first-order chi connectivity index (χ1) is 14.8. The average molecular weight is 436 g/mol. The van der Waals surface area contributed by atoms with E-state index in [1.807, 2.05) is 88.9 Å². The molecule has 0 saturated carbocycles. The molecule has 0 aliphatic carbocycles. The largest absolute Gasteiger partial charge is 0.378 e. The van der Waals surface area contributed by atoms with Gasteiger partial charge in [0, 0.05) is 74.3 Å². The second-order valence-electron chi connectivity index (χ2n) is 8.12. The Morgan fingerprint density at radius 2 is 1.06 bits per heavy atom. The van der Waals surface area contributed by atoms with Gasteiger partial charge in [-0.15, -0.1) is 0 Å². The highest BCUT2D eigenvalue weighted by molar-refractivity contribution is 7.85. The van der Waals surface area contributed by atoms with Crippen molar-refractivity contribution in [3.63, 3.8) is 0 Å². The normalized spacial score (nSPS) is 11.3. The molecular weight excluding hydrogens is 401 g/mol. The van der Waals surface area contributed by atoms with Gasteiger partial charge < -0.3 is 19.3 Å². The fourth-order valence-corrected chi connectivity index (χ4v) is 6.49. The number of anilines is 3. The van der Waals surface area contributed by atoms with Crippen molar-refractivity contribution in [2.75, 3.05) is 56.0 Å². The van der Waals surface area contributed by atoms with Crippen LogP contribution in [0.5, 0.6) is 0 Å². The highest BCUT2D eigenvalue weighted by atomic mass is 31.2. The molecule has 164 valence electrons. The maximum atomic E-state index is 14.9. The quantitative estimate of drug-likeness (QED) is 0.493. The Hall–Kier alpha value is -2.71. The van der Waals surface area contributed by atoms with Gasteiger partial charge in [-0.1, -0.05) is 12.1 Å². The van der Waals surface area contributed by atoms with Gasteiger partial charge in [-0.25, -0.2) is 0 Å². The lowest BCUT2D eigenvalue weighted by molar-refractivity contribution is 0.592. The third-order valence-corrected chi connectivity index (χ3v) is 8.84. The van der Waals surface area contributed by atoms with E-state index in [1.165, 1.54) is 0 Å². The molecule has 0 atom stereocenters. The van der Waals surface area contributed by atoms with Crippen LogP contribution in [0.15, 0.2) is 72.8 Å². The van der Waals surface area contributed by atoms with Crippen molar-refractivity contribution in [1.82, 2.24) is 0 Å². The van der Waals surface area contributed by atoms with Crippen molar-refractivity contribution >= 4 is 40.1 Å². The van der Waals surface area contributed by atoms with Crippen LogP contribution in [0.2, 0.25) is 0 Å². The molecule has 4 nitrogen and oxygen atoms in total. The highest BCUT2D eigenvalue weighted by Crippen LogP contribution is 2.43. The molecule has 3 aromatic carbocycles. The van der Waals surface area contributed by atoms with Crippen molar-refractivity contribution in [1.29, 1.82) is 0 Å². The zero-order valence-electron chi connectivity index (χ0n) is 19.5. The average Bonchev–Trinajstić information content (AvgIpc) is 2.79. The molecule has 3 rings (SSSR count). The van der Waals surface area contributed by atoms with E-state index in [4.69, 9.17) is 0 Å². The van der Waals surface area contributed by atoms with E-state index in [-0.39, 0.29) is 0 Å². The number of benzene rings is 3. The number of nitrogens with zero attached hydrogens (tertiary/aromatic N) is 3. The van der Waals surface area contributed by atoms with E-state index in [9.17, 15) is 4.57 Å². The maximum absolute atomic E-state index is 14.9. The van der Waals surface area contributed by atoms with E-state index in [0.717, 1.165) is 46.1 Å².